The predicted molar refractivity (Wildman–Crippen MR) is 147 cm³/mol. The highest BCUT2D eigenvalue weighted by molar-refractivity contribution is 5.83. The number of hydrogen-bond acceptors (Lipinski definition) is 10. The zero-order valence-electron chi connectivity index (χ0n) is 25.5. The second-order valence-corrected chi connectivity index (χ2v) is 13.0. The molecule has 2 saturated heterocycles. The third-order valence-electron chi connectivity index (χ3n) is 5.25. The Balaban J connectivity index is 0.000000585. The average molecular weight is 579 g/mol. The van der Waals surface area contributed by atoms with Crippen LogP contribution in [0.25, 0.3) is 0 Å². The Bertz CT molecular complexity index is 795. The summed E-state index contributed by atoms with van der Waals surface area (Å²) in [5.74, 6) is -3.54. The normalized spacial score (nSPS) is 19.9. The molecule has 234 valence electrons. The number of aliphatic hydroxyl groups is 2. The summed E-state index contributed by atoms with van der Waals surface area (Å²) in [6.45, 7) is 24.2. The molecule has 2 heterocycles. The molecule has 0 aromatic carbocycles. The van der Waals surface area contributed by atoms with Gasteiger partial charge in [-0.25, -0.2) is 19.2 Å². The van der Waals surface area contributed by atoms with Gasteiger partial charge in [0.1, 0.15) is 11.2 Å². The van der Waals surface area contributed by atoms with Gasteiger partial charge in [-0.2, -0.15) is 0 Å². The summed E-state index contributed by atoms with van der Waals surface area (Å²) in [5.41, 5.74) is -0.859. The van der Waals surface area contributed by atoms with Gasteiger partial charge < -0.3 is 50.3 Å². The van der Waals surface area contributed by atoms with Crippen LogP contribution in [0.1, 0.15) is 69.2 Å². The molecule has 0 aliphatic carbocycles. The number of ether oxygens (including phenoxy) is 2. The number of carboxylic acid groups (broad SMARTS) is 2. The summed E-state index contributed by atoms with van der Waals surface area (Å²) in [6.07, 6.45) is -4.95. The van der Waals surface area contributed by atoms with Crippen molar-refractivity contribution >= 4 is 24.1 Å². The SMILES string of the molecule is CC1(C)CN(C(=O)OC(C)(C)C)CCN1.CC1(C)CN(C(=O)OC(C)(C)C)CCN1.O=C(O)[C@H](O)[C@@H](O)C(=O)O. The van der Waals surface area contributed by atoms with Crippen LogP contribution in [0.4, 0.5) is 9.59 Å². The van der Waals surface area contributed by atoms with E-state index in [9.17, 15) is 19.2 Å². The third-order valence-corrected chi connectivity index (χ3v) is 5.25. The van der Waals surface area contributed by atoms with Gasteiger partial charge in [0.25, 0.3) is 0 Å². The van der Waals surface area contributed by atoms with Crippen LogP contribution < -0.4 is 10.6 Å². The molecule has 2 aliphatic rings. The van der Waals surface area contributed by atoms with Gasteiger partial charge >= 0.3 is 24.1 Å². The molecule has 14 nitrogen and oxygen atoms in total. The van der Waals surface area contributed by atoms with E-state index in [1.165, 1.54) is 0 Å². The van der Waals surface area contributed by atoms with Gasteiger partial charge in [0.2, 0.25) is 0 Å². The lowest BCUT2D eigenvalue weighted by Gasteiger charge is -2.39. The second-order valence-electron chi connectivity index (χ2n) is 13.0. The number of aliphatic carboxylic acids is 2. The van der Waals surface area contributed by atoms with Crippen molar-refractivity contribution < 1.29 is 49.1 Å². The average Bonchev–Trinajstić information content (AvgIpc) is 2.75. The number of hydrogen-bond donors (Lipinski definition) is 6. The van der Waals surface area contributed by atoms with Crippen LogP contribution in [0.3, 0.4) is 0 Å². The molecule has 0 aromatic heterocycles. The number of piperazine rings is 2. The minimum atomic E-state index is -2.27. The maximum Gasteiger partial charge on any atom is 0.410 e. The monoisotopic (exact) mass is 578 g/mol. The van der Waals surface area contributed by atoms with Crippen LogP contribution in [0.15, 0.2) is 0 Å². The Kier molecular flexibility index (Phi) is 13.8. The van der Waals surface area contributed by atoms with E-state index in [0.29, 0.717) is 13.1 Å². The van der Waals surface area contributed by atoms with Gasteiger partial charge in [0, 0.05) is 50.3 Å². The molecule has 6 N–H and O–H groups in total. The van der Waals surface area contributed by atoms with Crippen LogP contribution in [-0.2, 0) is 19.1 Å². The number of nitrogens with one attached hydrogen (secondary N) is 2. The van der Waals surface area contributed by atoms with Crippen molar-refractivity contribution in [2.45, 2.75) is 104 Å². The van der Waals surface area contributed by atoms with Gasteiger partial charge in [0.15, 0.2) is 12.2 Å². The first kappa shape index (κ1) is 37.3. The van der Waals surface area contributed by atoms with E-state index in [-0.39, 0.29) is 23.3 Å². The molecule has 0 radical (unpaired) electrons. The molecule has 2 aliphatic heterocycles. The molecule has 0 aromatic rings. The zero-order valence-corrected chi connectivity index (χ0v) is 25.5. The lowest BCUT2D eigenvalue weighted by Crippen LogP contribution is -2.58. The quantitative estimate of drug-likeness (QED) is 0.279. The standard InChI is InChI=1S/2C11H22N2O2.C4H6O6/c2*1-10(2,3)15-9(14)13-7-6-12-11(4,5)8-13;5-1(3(7)8)2(6)4(9)10/h2*12H,6-8H2,1-5H3;1-2,5-6H,(H,7,8)(H,9,10)/t;;1-,2-/m..1/s1. The number of amides is 2. The van der Waals surface area contributed by atoms with E-state index < -0.39 is 35.3 Å². The lowest BCUT2D eigenvalue weighted by atomic mass is 10.0. The van der Waals surface area contributed by atoms with Crippen LogP contribution in [0.5, 0.6) is 0 Å². The summed E-state index contributed by atoms with van der Waals surface area (Å²) >= 11 is 0. The third kappa shape index (κ3) is 15.8. The molecule has 40 heavy (non-hydrogen) atoms. The molecule has 0 bridgehead atoms. The van der Waals surface area contributed by atoms with Crippen LogP contribution >= 0.6 is 0 Å². The van der Waals surface area contributed by atoms with Crippen molar-refractivity contribution in [1.82, 2.24) is 20.4 Å². The zero-order chi connectivity index (χ0) is 31.7. The van der Waals surface area contributed by atoms with E-state index in [4.69, 9.17) is 29.9 Å². The maximum absolute atomic E-state index is 11.8. The number of rotatable bonds is 3. The first-order chi connectivity index (χ1) is 17.9. The molecule has 2 amide bonds. The van der Waals surface area contributed by atoms with E-state index in [0.717, 1.165) is 26.2 Å². The highest BCUT2D eigenvalue weighted by atomic mass is 16.6. The number of carboxylic acids is 2. The van der Waals surface area contributed by atoms with Gasteiger partial charge in [-0.3, -0.25) is 0 Å². The fraction of sp³-hybridized carbons (Fsp3) is 0.846. The van der Waals surface area contributed by atoms with Crippen LogP contribution in [0.2, 0.25) is 0 Å². The Morgan fingerprint density at radius 3 is 1.15 bits per heavy atom. The number of carbonyl (C=O) groups is 4. The summed E-state index contributed by atoms with van der Waals surface area (Å²) in [4.78, 5) is 46.6. The minimum absolute atomic E-state index is 0.0187. The number of nitrogens with zero attached hydrogens (tertiary/aromatic N) is 2. The number of aliphatic hydroxyl groups excluding tert-OH is 2. The highest BCUT2D eigenvalue weighted by Gasteiger charge is 2.32. The summed E-state index contributed by atoms with van der Waals surface area (Å²) in [7, 11) is 0. The summed E-state index contributed by atoms with van der Waals surface area (Å²) in [5, 5.41) is 39.2. The minimum Gasteiger partial charge on any atom is -0.479 e. The largest absolute Gasteiger partial charge is 0.479 e. The fourth-order valence-electron chi connectivity index (χ4n) is 3.52. The Morgan fingerprint density at radius 1 is 0.675 bits per heavy atom. The van der Waals surface area contributed by atoms with E-state index >= 15 is 0 Å². The molecular formula is C26H50N4O10. The fourth-order valence-corrected chi connectivity index (χ4v) is 3.52. The summed E-state index contributed by atoms with van der Waals surface area (Å²) < 4.78 is 10.7. The van der Waals surface area contributed by atoms with Crippen LogP contribution in [0, 0.1) is 0 Å². The Hall–Kier alpha value is -2.68. The van der Waals surface area contributed by atoms with Crippen molar-refractivity contribution in [1.29, 1.82) is 0 Å². The maximum atomic E-state index is 11.8. The van der Waals surface area contributed by atoms with Crippen molar-refractivity contribution in [3.63, 3.8) is 0 Å². The van der Waals surface area contributed by atoms with Crippen LogP contribution in [-0.4, -0.2) is 128 Å². The number of carbonyl (C=O) groups excluding carboxylic acids is 2. The molecule has 0 unspecified atom stereocenters. The molecular weight excluding hydrogens is 528 g/mol. The van der Waals surface area contributed by atoms with Gasteiger partial charge in [0.05, 0.1) is 0 Å². The van der Waals surface area contributed by atoms with E-state index in [1.807, 2.05) is 41.5 Å². The topological polar surface area (TPSA) is 198 Å². The first-order valence-corrected chi connectivity index (χ1v) is 13.1. The van der Waals surface area contributed by atoms with Gasteiger partial charge in [-0.15, -0.1) is 0 Å². The van der Waals surface area contributed by atoms with Crippen molar-refractivity contribution in [2.24, 2.45) is 0 Å². The Labute approximate surface area is 237 Å². The predicted octanol–water partition coefficient (Wildman–Crippen LogP) is 1.09. The molecule has 0 spiro atoms. The van der Waals surface area contributed by atoms with Crippen molar-refractivity contribution in [3.8, 4) is 0 Å². The van der Waals surface area contributed by atoms with Crippen molar-refractivity contribution in [2.75, 3.05) is 39.3 Å². The van der Waals surface area contributed by atoms with E-state index in [1.54, 1.807) is 9.80 Å². The molecule has 2 atom stereocenters. The van der Waals surface area contributed by atoms with E-state index in [2.05, 4.69) is 38.3 Å². The molecule has 2 fully saturated rings. The molecule has 14 heteroatoms. The first-order valence-electron chi connectivity index (χ1n) is 13.1. The van der Waals surface area contributed by atoms with Crippen molar-refractivity contribution in [3.05, 3.63) is 0 Å². The Morgan fingerprint density at radius 2 is 0.950 bits per heavy atom. The lowest BCUT2D eigenvalue weighted by molar-refractivity contribution is -0.165. The molecule has 2 rings (SSSR count). The molecule has 0 saturated carbocycles. The smallest absolute Gasteiger partial charge is 0.410 e. The second kappa shape index (κ2) is 14.8. The van der Waals surface area contributed by atoms with Gasteiger partial charge in [-0.1, -0.05) is 0 Å². The summed E-state index contributed by atoms with van der Waals surface area (Å²) in [6, 6.07) is 0. The highest BCUT2D eigenvalue weighted by Crippen LogP contribution is 2.16. The van der Waals surface area contributed by atoms with Gasteiger partial charge in [-0.05, 0) is 69.2 Å².